The second kappa shape index (κ2) is 12.3. The number of rotatable bonds is 10. The first-order valence-corrected chi connectivity index (χ1v) is 14.7. The highest BCUT2D eigenvalue weighted by molar-refractivity contribution is 5.87. The highest BCUT2D eigenvalue weighted by atomic mass is 19.1. The minimum atomic E-state index is -0.214. The van der Waals surface area contributed by atoms with Gasteiger partial charge in [0.25, 0.3) is 0 Å². The number of halogens is 1. The van der Waals surface area contributed by atoms with Gasteiger partial charge in [0.15, 0.2) is 0 Å². The SMILES string of the molecule is C=CC(=CC=CCC)C1Nc2c(CCOCC3=CCCC4CC34)cc(-c3ccc(F)cc3)cc2/C(=C/C)C1C. The molecule has 2 aliphatic carbocycles. The zero-order valence-electron chi connectivity index (χ0n) is 23.7. The predicted molar refractivity (Wildman–Crippen MR) is 163 cm³/mol. The Bertz CT molecular complexity index is 1310. The summed E-state index contributed by atoms with van der Waals surface area (Å²) in [6.07, 6.45) is 18.8. The number of hydrogen-bond donors (Lipinski definition) is 1. The molecule has 3 heteroatoms. The quantitative estimate of drug-likeness (QED) is 0.190. The van der Waals surface area contributed by atoms with Crippen LogP contribution in [0.1, 0.15) is 57.6 Å². The molecule has 2 aromatic carbocycles. The lowest BCUT2D eigenvalue weighted by molar-refractivity contribution is 0.155. The molecular formula is C36H42FNO. The number of fused-ring (bicyclic) bond motifs is 2. The van der Waals surface area contributed by atoms with Crippen molar-refractivity contribution in [2.24, 2.45) is 17.8 Å². The lowest BCUT2D eigenvalue weighted by atomic mass is 9.78. The average molecular weight is 524 g/mol. The van der Waals surface area contributed by atoms with Crippen LogP contribution in [0.3, 0.4) is 0 Å². The summed E-state index contributed by atoms with van der Waals surface area (Å²) in [4.78, 5) is 0. The Hall–Kier alpha value is -3.17. The fourth-order valence-electron chi connectivity index (χ4n) is 6.41. The van der Waals surface area contributed by atoms with Gasteiger partial charge in [0.1, 0.15) is 5.82 Å². The van der Waals surface area contributed by atoms with Crippen LogP contribution in [0.15, 0.2) is 90.6 Å². The van der Waals surface area contributed by atoms with Gasteiger partial charge in [0, 0.05) is 17.2 Å². The Kier molecular flexibility index (Phi) is 8.67. The molecule has 1 N–H and O–H groups in total. The van der Waals surface area contributed by atoms with Gasteiger partial charge in [-0.3, -0.25) is 0 Å². The van der Waals surface area contributed by atoms with Gasteiger partial charge in [-0.1, -0.05) is 69.0 Å². The normalized spacial score (nSPS) is 25.2. The van der Waals surface area contributed by atoms with E-state index >= 15 is 0 Å². The van der Waals surface area contributed by atoms with E-state index in [1.165, 1.54) is 52.8 Å². The Morgan fingerprint density at radius 1 is 1.18 bits per heavy atom. The van der Waals surface area contributed by atoms with E-state index in [9.17, 15) is 4.39 Å². The minimum absolute atomic E-state index is 0.123. The van der Waals surface area contributed by atoms with Crippen molar-refractivity contribution in [1.29, 1.82) is 0 Å². The first-order chi connectivity index (χ1) is 19.0. The van der Waals surface area contributed by atoms with Crippen molar-refractivity contribution in [3.8, 4) is 11.1 Å². The second-order valence-electron chi connectivity index (χ2n) is 11.2. The van der Waals surface area contributed by atoms with Crippen LogP contribution >= 0.6 is 0 Å². The van der Waals surface area contributed by atoms with Crippen LogP contribution in [-0.2, 0) is 11.2 Å². The third-order valence-corrected chi connectivity index (χ3v) is 8.69. The molecule has 204 valence electrons. The van der Waals surface area contributed by atoms with E-state index in [-0.39, 0.29) is 17.8 Å². The average Bonchev–Trinajstić information content (AvgIpc) is 3.74. The Morgan fingerprint density at radius 3 is 2.74 bits per heavy atom. The summed E-state index contributed by atoms with van der Waals surface area (Å²) in [5, 5.41) is 3.91. The summed E-state index contributed by atoms with van der Waals surface area (Å²) < 4.78 is 20.0. The molecule has 1 saturated carbocycles. The summed E-state index contributed by atoms with van der Waals surface area (Å²) in [6, 6.07) is 11.5. The van der Waals surface area contributed by atoms with Gasteiger partial charge < -0.3 is 10.1 Å². The van der Waals surface area contributed by atoms with E-state index in [2.05, 4.69) is 75.2 Å². The minimum Gasteiger partial charge on any atom is -0.377 e. The van der Waals surface area contributed by atoms with Gasteiger partial charge in [-0.25, -0.2) is 4.39 Å². The maximum Gasteiger partial charge on any atom is 0.123 e. The van der Waals surface area contributed by atoms with E-state index in [4.69, 9.17) is 4.74 Å². The predicted octanol–water partition coefficient (Wildman–Crippen LogP) is 9.32. The Morgan fingerprint density at radius 2 is 2.00 bits per heavy atom. The molecule has 1 fully saturated rings. The molecule has 4 atom stereocenters. The van der Waals surface area contributed by atoms with Gasteiger partial charge >= 0.3 is 0 Å². The Labute approximate surface area is 234 Å². The van der Waals surface area contributed by atoms with Gasteiger partial charge in [-0.2, -0.15) is 0 Å². The first kappa shape index (κ1) is 27.4. The van der Waals surface area contributed by atoms with Crippen LogP contribution in [0.2, 0.25) is 0 Å². The van der Waals surface area contributed by atoms with E-state index in [0.717, 1.165) is 42.4 Å². The highest BCUT2D eigenvalue weighted by Gasteiger charge is 2.40. The summed E-state index contributed by atoms with van der Waals surface area (Å²) in [5.74, 6) is 1.74. The molecule has 2 aromatic rings. The van der Waals surface area contributed by atoms with Crippen molar-refractivity contribution in [1.82, 2.24) is 0 Å². The summed E-state index contributed by atoms with van der Waals surface area (Å²) in [7, 11) is 0. The molecule has 0 aromatic heterocycles. The van der Waals surface area contributed by atoms with Gasteiger partial charge in [0.05, 0.1) is 19.3 Å². The summed E-state index contributed by atoms with van der Waals surface area (Å²) >= 11 is 0. The van der Waals surface area contributed by atoms with Crippen LogP contribution in [0.25, 0.3) is 16.7 Å². The van der Waals surface area contributed by atoms with Crippen LogP contribution in [0.4, 0.5) is 10.1 Å². The number of ether oxygens (including phenoxy) is 1. The lowest BCUT2D eigenvalue weighted by Gasteiger charge is -2.37. The van der Waals surface area contributed by atoms with Crippen molar-refractivity contribution < 1.29 is 9.13 Å². The molecule has 0 radical (unpaired) electrons. The molecule has 1 heterocycles. The monoisotopic (exact) mass is 523 g/mol. The number of hydrogen-bond acceptors (Lipinski definition) is 2. The van der Waals surface area contributed by atoms with Gasteiger partial charge in [-0.15, -0.1) is 0 Å². The third-order valence-electron chi connectivity index (χ3n) is 8.69. The van der Waals surface area contributed by atoms with Gasteiger partial charge in [0.2, 0.25) is 0 Å². The lowest BCUT2D eigenvalue weighted by Crippen LogP contribution is -2.34. The fourth-order valence-corrected chi connectivity index (χ4v) is 6.41. The molecule has 39 heavy (non-hydrogen) atoms. The van der Waals surface area contributed by atoms with E-state index in [0.29, 0.717) is 6.61 Å². The van der Waals surface area contributed by atoms with Crippen molar-refractivity contribution in [3.63, 3.8) is 0 Å². The molecule has 4 unspecified atom stereocenters. The zero-order chi connectivity index (χ0) is 27.4. The smallest absolute Gasteiger partial charge is 0.123 e. The standard InChI is InChI=1S/C36H42FNO/c1-5-8-9-11-25(6-2)35-24(4)32(7-3)34-22-30(26-14-16-31(37)17-15-26)20-28(36(34)38-35)18-19-39-23-29-13-10-12-27-21-33(27)29/h6-9,11,13-17,20,22,24,27,33,35,38H,2,5,10,12,18-19,21,23H2,1,3-4H3/b9-8?,25-11?,32-7+. The molecular weight excluding hydrogens is 481 g/mol. The number of allylic oxidation sites excluding steroid dienone is 5. The molecule has 0 bridgehead atoms. The summed E-state index contributed by atoms with van der Waals surface area (Å²) in [6.45, 7) is 12.1. The molecule has 0 amide bonds. The maximum atomic E-state index is 13.7. The van der Waals surface area contributed by atoms with Crippen LogP contribution in [-0.4, -0.2) is 19.3 Å². The van der Waals surface area contributed by atoms with E-state index in [1.807, 2.05) is 18.2 Å². The Balaban J connectivity index is 1.47. The molecule has 0 saturated heterocycles. The first-order valence-electron chi connectivity index (χ1n) is 14.7. The molecule has 3 aliphatic rings. The van der Waals surface area contributed by atoms with Crippen molar-refractivity contribution in [2.45, 2.75) is 58.9 Å². The molecule has 2 nitrogen and oxygen atoms in total. The van der Waals surface area contributed by atoms with Gasteiger partial charge in [-0.05, 0) is 109 Å². The molecule has 5 rings (SSSR count). The largest absolute Gasteiger partial charge is 0.377 e. The molecule has 1 aliphatic heterocycles. The summed E-state index contributed by atoms with van der Waals surface area (Å²) in [5.41, 5.74) is 9.78. The second-order valence-corrected chi connectivity index (χ2v) is 11.2. The third kappa shape index (κ3) is 6.04. The van der Waals surface area contributed by atoms with Crippen molar-refractivity contribution in [3.05, 3.63) is 108 Å². The highest BCUT2D eigenvalue weighted by Crippen LogP contribution is 2.50. The van der Waals surface area contributed by atoms with Crippen molar-refractivity contribution in [2.75, 3.05) is 18.5 Å². The number of nitrogens with one attached hydrogen (secondary N) is 1. The van der Waals surface area contributed by atoms with E-state index in [1.54, 1.807) is 12.1 Å². The zero-order valence-corrected chi connectivity index (χ0v) is 23.7. The molecule has 0 spiro atoms. The maximum absolute atomic E-state index is 13.7. The van der Waals surface area contributed by atoms with Crippen LogP contribution in [0.5, 0.6) is 0 Å². The van der Waals surface area contributed by atoms with E-state index < -0.39 is 0 Å². The topological polar surface area (TPSA) is 21.3 Å². The van der Waals surface area contributed by atoms with Crippen LogP contribution in [0, 0.1) is 23.6 Å². The fraction of sp³-hybridized carbons (Fsp3) is 0.389. The van der Waals surface area contributed by atoms with Crippen LogP contribution < -0.4 is 5.32 Å². The number of anilines is 1. The van der Waals surface area contributed by atoms with Crippen molar-refractivity contribution >= 4 is 11.3 Å². The number of benzene rings is 2.